The molecular weight excluding hydrogens is 313 g/mol. The number of amides is 1. The van der Waals surface area contributed by atoms with Gasteiger partial charge in [-0.3, -0.25) is 14.9 Å². The lowest BCUT2D eigenvalue weighted by Crippen LogP contribution is -2.20. The minimum Gasteiger partial charge on any atom is -0.378 e. The molecule has 2 aromatic carbocycles. The molecule has 1 unspecified atom stereocenters. The van der Waals surface area contributed by atoms with E-state index in [1.165, 1.54) is 37.4 Å². The van der Waals surface area contributed by atoms with Crippen LogP contribution in [0.4, 0.5) is 15.8 Å². The molecule has 0 heterocycles. The monoisotopic (exact) mass is 329 g/mol. The number of aryl methyl sites for hydroxylation is 1. The Morgan fingerprint density at radius 2 is 2.08 bits per heavy atom. The molecule has 24 heavy (non-hydrogen) atoms. The van der Waals surface area contributed by atoms with E-state index in [0.29, 0.717) is 5.69 Å². The molecule has 3 rings (SSSR count). The standard InChI is InChI=1S/C17H16FN3O3/c1-19-17(22)14-9-12(21(23)24)5-7-16(14)20-15-6-3-10-2-4-11(18)8-13(10)15/h2,4-5,7-9,15,20H,3,6H2,1H3,(H,19,22). The SMILES string of the molecule is CNC(=O)c1cc([N+](=O)[O-])ccc1NC1CCc2ccc(F)cc21. The topological polar surface area (TPSA) is 84.3 Å². The Kier molecular flexibility index (Phi) is 4.16. The smallest absolute Gasteiger partial charge is 0.270 e. The van der Waals surface area contributed by atoms with Crippen molar-refractivity contribution in [3.8, 4) is 0 Å². The number of nitro benzene ring substituents is 1. The average Bonchev–Trinajstić information content (AvgIpc) is 2.96. The van der Waals surface area contributed by atoms with Gasteiger partial charge in [0, 0.05) is 24.9 Å². The van der Waals surface area contributed by atoms with Gasteiger partial charge in [0.1, 0.15) is 5.82 Å². The highest BCUT2D eigenvalue weighted by Crippen LogP contribution is 2.35. The van der Waals surface area contributed by atoms with Crippen molar-refractivity contribution in [2.75, 3.05) is 12.4 Å². The molecule has 1 aliphatic carbocycles. The number of anilines is 1. The lowest BCUT2D eigenvalue weighted by Gasteiger charge is -2.18. The third-order valence-corrected chi connectivity index (χ3v) is 4.20. The number of nitrogens with zero attached hydrogens (tertiary/aromatic N) is 1. The molecule has 6 nitrogen and oxygen atoms in total. The second-order valence-electron chi connectivity index (χ2n) is 5.64. The van der Waals surface area contributed by atoms with Crippen LogP contribution in [0.3, 0.4) is 0 Å². The second kappa shape index (κ2) is 6.27. The summed E-state index contributed by atoms with van der Waals surface area (Å²) >= 11 is 0. The van der Waals surface area contributed by atoms with Crippen molar-refractivity contribution >= 4 is 17.3 Å². The maximum absolute atomic E-state index is 13.5. The normalized spacial score (nSPS) is 15.7. The Morgan fingerprint density at radius 1 is 1.29 bits per heavy atom. The zero-order chi connectivity index (χ0) is 17.3. The van der Waals surface area contributed by atoms with Gasteiger partial charge in [-0.25, -0.2) is 4.39 Å². The highest BCUT2D eigenvalue weighted by molar-refractivity contribution is 6.00. The predicted octanol–water partition coefficient (Wildman–Crippen LogP) is 3.19. The van der Waals surface area contributed by atoms with Crippen LogP contribution >= 0.6 is 0 Å². The molecule has 1 aliphatic rings. The van der Waals surface area contributed by atoms with E-state index in [1.807, 2.05) is 0 Å². The molecule has 0 aliphatic heterocycles. The second-order valence-corrected chi connectivity index (χ2v) is 5.64. The van der Waals surface area contributed by atoms with Crippen molar-refractivity contribution in [1.82, 2.24) is 5.32 Å². The number of carbonyl (C=O) groups excluding carboxylic acids is 1. The third kappa shape index (κ3) is 2.92. The van der Waals surface area contributed by atoms with E-state index in [4.69, 9.17) is 0 Å². The fourth-order valence-corrected chi connectivity index (χ4v) is 3.01. The Balaban J connectivity index is 1.95. The summed E-state index contributed by atoms with van der Waals surface area (Å²) < 4.78 is 13.5. The predicted molar refractivity (Wildman–Crippen MR) is 87.6 cm³/mol. The van der Waals surface area contributed by atoms with Crippen LogP contribution in [-0.4, -0.2) is 17.9 Å². The molecule has 0 radical (unpaired) electrons. The number of nitrogens with one attached hydrogen (secondary N) is 2. The fraction of sp³-hybridized carbons (Fsp3) is 0.235. The van der Waals surface area contributed by atoms with Gasteiger partial charge in [-0.2, -0.15) is 0 Å². The van der Waals surface area contributed by atoms with Gasteiger partial charge in [-0.1, -0.05) is 6.07 Å². The van der Waals surface area contributed by atoms with Crippen molar-refractivity contribution in [1.29, 1.82) is 0 Å². The lowest BCUT2D eigenvalue weighted by molar-refractivity contribution is -0.384. The Labute approximate surface area is 137 Å². The summed E-state index contributed by atoms with van der Waals surface area (Å²) in [6, 6.07) is 8.65. The Morgan fingerprint density at radius 3 is 2.79 bits per heavy atom. The van der Waals surface area contributed by atoms with Gasteiger partial charge >= 0.3 is 0 Å². The number of hydrogen-bond donors (Lipinski definition) is 2. The van der Waals surface area contributed by atoms with E-state index in [1.54, 1.807) is 6.07 Å². The molecule has 1 atom stereocenters. The molecule has 7 heteroatoms. The average molecular weight is 329 g/mol. The summed E-state index contributed by atoms with van der Waals surface area (Å²) in [7, 11) is 1.46. The Bertz CT molecular complexity index is 823. The molecule has 0 bridgehead atoms. The summed E-state index contributed by atoms with van der Waals surface area (Å²) in [4.78, 5) is 22.4. The van der Waals surface area contributed by atoms with Crippen LogP contribution < -0.4 is 10.6 Å². The number of rotatable bonds is 4. The van der Waals surface area contributed by atoms with Crippen LogP contribution in [0.2, 0.25) is 0 Å². The molecule has 0 saturated heterocycles. The number of nitro groups is 1. The quantitative estimate of drug-likeness (QED) is 0.666. The van der Waals surface area contributed by atoms with E-state index in [9.17, 15) is 19.3 Å². The largest absolute Gasteiger partial charge is 0.378 e. The van der Waals surface area contributed by atoms with Crippen LogP contribution in [0.5, 0.6) is 0 Å². The summed E-state index contributed by atoms with van der Waals surface area (Å²) in [5.41, 5.74) is 2.45. The van der Waals surface area contributed by atoms with E-state index in [-0.39, 0.29) is 23.1 Å². The molecule has 0 aromatic heterocycles. The molecule has 0 fully saturated rings. The van der Waals surface area contributed by atoms with Crippen molar-refractivity contribution in [3.05, 3.63) is 69.0 Å². The van der Waals surface area contributed by atoms with Gasteiger partial charge in [0.15, 0.2) is 0 Å². The highest BCUT2D eigenvalue weighted by Gasteiger charge is 2.25. The van der Waals surface area contributed by atoms with Crippen molar-refractivity contribution < 1.29 is 14.1 Å². The lowest BCUT2D eigenvalue weighted by atomic mass is 10.1. The van der Waals surface area contributed by atoms with Crippen LogP contribution in [-0.2, 0) is 6.42 Å². The van der Waals surface area contributed by atoms with E-state index in [2.05, 4.69) is 10.6 Å². The molecule has 2 N–H and O–H groups in total. The Hall–Kier alpha value is -2.96. The van der Waals surface area contributed by atoms with E-state index >= 15 is 0 Å². The summed E-state index contributed by atoms with van der Waals surface area (Å²) in [6.45, 7) is 0. The first-order valence-electron chi connectivity index (χ1n) is 7.55. The van der Waals surface area contributed by atoms with Crippen LogP contribution in [0.25, 0.3) is 0 Å². The summed E-state index contributed by atoms with van der Waals surface area (Å²) in [6.07, 6.45) is 1.58. The van der Waals surface area contributed by atoms with Gasteiger partial charge in [-0.05, 0) is 42.2 Å². The number of carbonyl (C=O) groups is 1. The minimum absolute atomic E-state index is 0.138. The zero-order valence-electron chi connectivity index (χ0n) is 13.0. The van der Waals surface area contributed by atoms with Crippen molar-refractivity contribution in [3.63, 3.8) is 0 Å². The summed E-state index contributed by atoms with van der Waals surface area (Å²) in [5, 5.41) is 16.6. The van der Waals surface area contributed by atoms with Gasteiger partial charge < -0.3 is 10.6 Å². The number of benzene rings is 2. The molecule has 124 valence electrons. The van der Waals surface area contributed by atoms with Crippen molar-refractivity contribution in [2.24, 2.45) is 0 Å². The molecule has 1 amide bonds. The van der Waals surface area contributed by atoms with Crippen molar-refractivity contribution in [2.45, 2.75) is 18.9 Å². The van der Waals surface area contributed by atoms with Gasteiger partial charge in [0.05, 0.1) is 16.5 Å². The number of non-ortho nitro benzene ring substituents is 1. The number of halogens is 1. The van der Waals surface area contributed by atoms with Gasteiger partial charge in [0.25, 0.3) is 11.6 Å². The zero-order valence-corrected chi connectivity index (χ0v) is 13.0. The number of hydrogen-bond acceptors (Lipinski definition) is 4. The van der Waals surface area contributed by atoms with Gasteiger partial charge in [-0.15, -0.1) is 0 Å². The first kappa shape index (κ1) is 15.9. The van der Waals surface area contributed by atoms with Crippen LogP contribution in [0.15, 0.2) is 36.4 Å². The van der Waals surface area contributed by atoms with Crippen LogP contribution in [0, 0.1) is 15.9 Å². The first-order valence-corrected chi connectivity index (χ1v) is 7.55. The molecular formula is C17H16FN3O3. The van der Waals surface area contributed by atoms with E-state index < -0.39 is 10.8 Å². The first-order chi connectivity index (χ1) is 11.5. The minimum atomic E-state index is -0.545. The van der Waals surface area contributed by atoms with E-state index in [0.717, 1.165) is 24.0 Å². The third-order valence-electron chi connectivity index (χ3n) is 4.20. The fourth-order valence-electron chi connectivity index (χ4n) is 3.01. The molecule has 0 spiro atoms. The van der Waals surface area contributed by atoms with Gasteiger partial charge in [0.2, 0.25) is 0 Å². The molecule has 0 saturated carbocycles. The number of fused-ring (bicyclic) bond motifs is 1. The maximum Gasteiger partial charge on any atom is 0.270 e. The highest BCUT2D eigenvalue weighted by atomic mass is 19.1. The molecule has 2 aromatic rings. The van der Waals surface area contributed by atoms with Crippen LogP contribution in [0.1, 0.15) is 33.9 Å². The summed E-state index contributed by atoms with van der Waals surface area (Å²) in [5.74, 6) is -0.726. The maximum atomic E-state index is 13.5.